The Kier molecular flexibility index (Phi) is 6.55. The van der Waals surface area contributed by atoms with Crippen molar-refractivity contribution < 1.29 is 19.6 Å². The van der Waals surface area contributed by atoms with Crippen LogP contribution in [0.15, 0.2) is 30.3 Å². The molecular formula is C15H8Cl3N3O5S. The Bertz CT molecular complexity index is 983. The first kappa shape index (κ1) is 20.8. The third-order valence-electron chi connectivity index (χ3n) is 3.16. The molecule has 3 N–H and O–H groups in total. The number of nitrogens with zero attached hydrogens (tertiary/aromatic N) is 1. The zero-order valence-electron chi connectivity index (χ0n) is 13.0. The van der Waals surface area contributed by atoms with Crippen molar-refractivity contribution in [1.29, 1.82) is 0 Å². The van der Waals surface area contributed by atoms with Gasteiger partial charge in [0, 0.05) is 16.7 Å². The molecule has 2 aromatic carbocycles. The number of hydrogen-bond donors (Lipinski definition) is 3. The zero-order valence-corrected chi connectivity index (χ0v) is 16.0. The SMILES string of the molecule is O=C(NC(=S)Nc1c(Cl)cc(Cl)cc1C(=O)O)c1ccc(Cl)c([N+](=O)[O-])c1. The van der Waals surface area contributed by atoms with E-state index in [4.69, 9.17) is 47.0 Å². The summed E-state index contributed by atoms with van der Waals surface area (Å²) in [6.07, 6.45) is 0. The van der Waals surface area contributed by atoms with Crippen molar-refractivity contribution in [2.75, 3.05) is 5.32 Å². The lowest BCUT2D eigenvalue weighted by Gasteiger charge is -2.13. The van der Waals surface area contributed by atoms with Crippen LogP contribution >= 0.6 is 47.0 Å². The van der Waals surface area contributed by atoms with Crippen molar-refractivity contribution in [2.45, 2.75) is 0 Å². The summed E-state index contributed by atoms with van der Waals surface area (Å²) in [5.74, 6) is -2.08. The highest BCUT2D eigenvalue weighted by Crippen LogP contribution is 2.30. The van der Waals surface area contributed by atoms with Crippen LogP contribution in [0.2, 0.25) is 15.1 Å². The zero-order chi connectivity index (χ0) is 20.3. The summed E-state index contributed by atoms with van der Waals surface area (Å²) in [5.41, 5.74) is -0.847. The van der Waals surface area contributed by atoms with Gasteiger partial charge in [-0.3, -0.25) is 20.2 Å². The van der Waals surface area contributed by atoms with Gasteiger partial charge in [0.05, 0.1) is 21.2 Å². The minimum atomic E-state index is -1.32. The van der Waals surface area contributed by atoms with Gasteiger partial charge in [-0.1, -0.05) is 34.8 Å². The van der Waals surface area contributed by atoms with Gasteiger partial charge in [-0.15, -0.1) is 0 Å². The molecule has 27 heavy (non-hydrogen) atoms. The Labute approximate surface area is 172 Å². The first-order valence-electron chi connectivity index (χ1n) is 6.88. The highest BCUT2D eigenvalue weighted by Gasteiger charge is 2.19. The monoisotopic (exact) mass is 447 g/mol. The van der Waals surface area contributed by atoms with Gasteiger partial charge in [0.25, 0.3) is 11.6 Å². The van der Waals surface area contributed by atoms with Gasteiger partial charge >= 0.3 is 5.97 Å². The standard InChI is InChI=1S/C15H8Cl3N3O5S/c16-7-4-8(14(23)24)12(10(18)5-7)19-15(27)20-13(22)6-1-2-9(17)11(3-6)21(25)26/h1-5H,(H,23,24)(H2,19,20,22,27). The lowest BCUT2D eigenvalue weighted by molar-refractivity contribution is -0.384. The smallest absolute Gasteiger partial charge is 0.337 e. The number of carboxylic acid groups (broad SMARTS) is 1. The Morgan fingerprint density at radius 2 is 1.78 bits per heavy atom. The molecule has 8 nitrogen and oxygen atoms in total. The predicted molar refractivity (Wildman–Crippen MR) is 105 cm³/mol. The number of carbonyl (C=O) groups is 2. The topological polar surface area (TPSA) is 122 Å². The van der Waals surface area contributed by atoms with E-state index in [0.29, 0.717) is 0 Å². The van der Waals surface area contributed by atoms with Crippen LogP contribution in [0, 0.1) is 10.1 Å². The predicted octanol–water partition coefficient (Wildman–Crippen LogP) is 4.38. The molecule has 12 heteroatoms. The molecule has 1 amide bonds. The van der Waals surface area contributed by atoms with Crippen LogP contribution in [-0.2, 0) is 0 Å². The van der Waals surface area contributed by atoms with Crippen molar-refractivity contribution in [3.63, 3.8) is 0 Å². The summed E-state index contributed by atoms with van der Waals surface area (Å²) < 4.78 is 0. The fraction of sp³-hybridized carbons (Fsp3) is 0. The lowest BCUT2D eigenvalue weighted by atomic mass is 10.1. The number of nitro benzene ring substituents is 1. The number of nitro groups is 1. The molecule has 0 saturated carbocycles. The summed E-state index contributed by atoms with van der Waals surface area (Å²) in [5, 5.41) is 24.6. The number of anilines is 1. The van der Waals surface area contributed by atoms with Crippen molar-refractivity contribution in [1.82, 2.24) is 5.32 Å². The molecule has 0 unspecified atom stereocenters. The number of halogens is 3. The van der Waals surface area contributed by atoms with Gasteiger partial charge < -0.3 is 10.4 Å². The normalized spacial score (nSPS) is 10.2. The number of amides is 1. The minimum Gasteiger partial charge on any atom is -0.478 e. The summed E-state index contributed by atoms with van der Waals surface area (Å²) in [6, 6.07) is 5.91. The highest BCUT2D eigenvalue weighted by atomic mass is 35.5. The van der Waals surface area contributed by atoms with Crippen LogP contribution in [0.1, 0.15) is 20.7 Å². The Morgan fingerprint density at radius 3 is 2.37 bits per heavy atom. The molecule has 0 saturated heterocycles. The van der Waals surface area contributed by atoms with E-state index in [1.807, 2.05) is 0 Å². The summed E-state index contributed by atoms with van der Waals surface area (Å²) in [4.78, 5) is 33.7. The molecule has 2 aromatic rings. The average Bonchev–Trinajstić information content (AvgIpc) is 2.56. The number of aromatic carboxylic acids is 1. The number of carboxylic acids is 1. The number of thiocarbonyl (C=S) groups is 1. The molecule has 0 spiro atoms. The summed E-state index contributed by atoms with van der Waals surface area (Å²) >= 11 is 22.4. The molecule has 0 aliphatic heterocycles. The second kappa shape index (κ2) is 8.49. The van der Waals surface area contributed by atoms with Crippen molar-refractivity contribution >= 4 is 75.4 Å². The Balaban J connectivity index is 2.22. The number of rotatable bonds is 4. The quantitative estimate of drug-likeness (QED) is 0.360. The second-order valence-corrected chi connectivity index (χ2v) is 6.61. The lowest BCUT2D eigenvalue weighted by Crippen LogP contribution is -2.34. The molecule has 0 bridgehead atoms. The van der Waals surface area contributed by atoms with Gasteiger partial charge in [0.2, 0.25) is 0 Å². The molecule has 0 radical (unpaired) electrons. The molecule has 2 rings (SSSR count). The molecule has 0 aliphatic rings. The first-order chi connectivity index (χ1) is 12.6. The van der Waals surface area contributed by atoms with Crippen LogP contribution in [-0.4, -0.2) is 27.0 Å². The third-order valence-corrected chi connectivity index (χ3v) is 4.20. The van der Waals surface area contributed by atoms with E-state index in [1.54, 1.807) is 0 Å². The molecular weight excluding hydrogens is 441 g/mol. The van der Waals surface area contributed by atoms with E-state index in [2.05, 4.69) is 10.6 Å². The maximum Gasteiger partial charge on any atom is 0.337 e. The van der Waals surface area contributed by atoms with E-state index in [1.165, 1.54) is 18.2 Å². The molecule has 140 valence electrons. The average molecular weight is 449 g/mol. The third kappa shape index (κ3) is 5.04. The summed E-state index contributed by atoms with van der Waals surface area (Å²) in [7, 11) is 0. The minimum absolute atomic E-state index is 0.0290. The maximum atomic E-state index is 12.2. The van der Waals surface area contributed by atoms with E-state index in [-0.39, 0.29) is 37.0 Å². The van der Waals surface area contributed by atoms with E-state index < -0.39 is 22.5 Å². The number of hydrogen-bond acceptors (Lipinski definition) is 5. The van der Waals surface area contributed by atoms with Gasteiger partial charge in [0.15, 0.2) is 5.11 Å². The maximum absolute atomic E-state index is 12.2. The van der Waals surface area contributed by atoms with E-state index in [9.17, 15) is 24.8 Å². The second-order valence-electron chi connectivity index (χ2n) is 4.95. The fourth-order valence-corrected chi connectivity index (χ4v) is 2.91. The van der Waals surface area contributed by atoms with Gasteiger partial charge in [-0.25, -0.2) is 4.79 Å². The largest absolute Gasteiger partial charge is 0.478 e. The van der Waals surface area contributed by atoms with Gasteiger partial charge in [-0.05, 0) is 36.5 Å². The van der Waals surface area contributed by atoms with Gasteiger partial charge in [-0.2, -0.15) is 0 Å². The highest BCUT2D eigenvalue weighted by molar-refractivity contribution is 7.80. The molecule has 0 aromatic heterocycles. The Morgan fingerprint density at radius 1 is 1.11 bits per heavy atom. The first-order valence-corrected chi connectivity index (χ1v) is 8.43. The summed E-state index contributed by atoms with van der Waals surface area (Å²) in [6.45, 7) is 0. The van der Waals surface area contributed by atoms with Crippen molar-refractivity contribution in [3.05, 3.63) is 66.6 Å². The Hall–Kier alpha value is -2.46. The van der Waals surface area contributed by atoms with Gasteiger partial charge in [0.1, 0.15) is 5.02 Å². The molecule has 0 atom stereocenters. The molecule has 0 aliphatic carbocycles. The number of carbonyl (C=O) groups excluding carboxylic acids is 1. The van der Waals surface area contributed by atoms with Crippen molar-refractivity contribution in [3.8, 4) is 0 Å². The number of nitrogens with one attached hydrogen (secondary N) is 2. The number of benzene rings is 2. The van der Waals surface area contributed by atoms with E-state index >= 15 is 0 Å². The van der Waals surface area contributed by atoms with Crippen LogP contribution in [0.4, 0.5) is 11.4 Å². The van der Waals surface area contributed by atoms with E-state index in [0.717, 1.165) is 12.1 Å². The van der Waals surface area contributed by atoms with Crippen LogP contribution in [0.5, 0.6) is 0 Å². The van der Waals surface area contributed by atoms with Crippen molar-refractivity contribution in [2.24, 2.45) is 0 Å². The molecule has 0 fully saturated rings. The van der Waals surface area contributed by atoms with Crippen LogP contribution in [0.25, 0.3) is 0 Å². The van der Waals surface area contributed by atoms with Crippen LogP contribution in [0.3, 0.4) is 0 Å². The van der Waals surface area contributed by atoms with Crippen LogP contribution < -0.4 is 10.6 Å². The molecule has 0 heterocycles. The fourth-order valence-electron chi connectivity index (χ4n) is 1.98.